The lowest BCUT2D eigenvalue weighted by Crippen LogP contribution is -2.15. The average molecular weight is 505 g/mol. The third-order valence-electron chi connectivity index (χ3n) is 5.65. The van der Waals surface area contributed by atoms with E-state index in [2.05, 4.69) is 25.6 Å². The maximum atomic E-state index is 12.9. The second-order valence-corrected chi connectivity index (χ2v) is 7.86. The molecule has 4 aromatic rings. The maximum absolute atomic E-state index is 12.9. The zero-order valence-corrected chi connectivity index (χ0v) is 18.9. The van der Waals surface area contributed by atoms with Gasteiger partial charge in [-0.2, -0.15) is 18.3 Å². The van der Waals surface area contributed by atoms with Crippen molar-refractivity contribution in [1.29, 1.82) is 0 Å². The van der Waals surface area contributed by atoms with Crippen molar-refractivity contribution < 1.29 is 18.0 Å². The van der Waals surface area contributed by atoms with Gasteiger partial charge in [0, 0.05) is 23.9 Å². The molecule has 1 aliphatic heterocycles. The number of amides is 1. The molecule has 1 amide bonds. The molecule has 0 bridgehead atoms. The molecule has 13 heteroatoms. The zero-order valence-electron chi connectivity index (χ0n) is 18.1. The molecule has 4 N–H and O–H groups in total. The Bertz CT molecular complexity index is 1370. The number of anilines is 2. The first-order chi connectivity index (χ1) is 16.3. The molecule has 1 saturated heterocycles. The molecule has 0 unspecified atom stereocenters. The van der Waals surface area contributed by atoms with Crippen LogP contribution in [0.2, 0.25) is 0 Å². The molecule has 1 aliphatic rings. The Labute approximate surface area is 203 Å². The number of fused-ring (bicyclic) bond motifs is 1. The second-order valence-electron chi connectivity index (χ2n) is 7.86. The van der Waals surface area contributed by atoms with Gasteiger partial charge in [-0.25, -0.2) is 19.6 Å². The summed E-state index contributed by atoms with van der Waals surface area (Å²) in [5.41, 5.74) is 7.41. The highest BCUT2D eigenvalue weighted by Gasteiger charge is 2.31. The molecule has 4 heterocycles. The van der Waals surface area contributed by atoms with Crippen molar-refractivity contribution >= 4 is 41.0 Å². The summed E-state index contributed by atoms with van der Waals surface area (Å²) in [4.78, 5) is 24.8. The van der Waals surface area contributed by atoms with Crippen molar-refractivity contribution in [3.63, 3.8) is 0 Å². The number of nitrogens with two attached hydrogens (primary N) is 1. The number of hydrogen-bond donors (Lipinski definition) is 3. The molecule has 35 heavy (non-hydrogen) atoms. The van der Waals surface area contributed by atoms with E-state index >= 15 is 0 Å². The number of hydrogen-bond acceptors (Lipinski definition) is 7. The lowest BCUT2D eigenvalue weighted by molar-refractivity contribution is -0.137. The maximum Gasteiger partial charge on any atom is 0.416 e. The van der Waals surface area contributed by atoms with Gasteiger partial charge in [0.2, 0.25) is 0 Å². The van der Waals surface area contributed by atoms with E-state index in [9.17, 15) is 18.0 Å². The van der Waals surface area contributed by atoms with Gasteiger partial charge < -0.3 is 16.4 Å². The van der Waals surface area contributed by atoms with Crippen molar-refractivity contribution in [3.05, 3.63) is 60.0 Å². The number of aromatic nitrogens is 5. The summed E-state index contributed by atoms with van der Waals surface area (Å²) >= 11 is 0. The van der Waals surface area contributed by atoms with Gasteiger partial charge in [0.05, 0.1) is 17.0 Å². The lowest BCUT2D eigenvalue weighted by Gasteiger charge is -2.09. The highest BCUT2D eigenvalue weighted by Crippen LogP contribution is 2.33. The molecule has 1 atom stereocenters. The van der Waals surface area contributed by atoms with Crippen LogP contribution in [-0.4, -0.2) is 43.7 Å². The van der Waals surface area contributed by atoms with Crippen LogP contribution in [0.15, 0.2) is 48.9 Å². The van der Waals surface area contributed by atoms with Gasteiger partial charge in [0.15, 0.2) is 5.65 Å². The summed E-state index contributed by atoms with van der Waals surface area (Å²) in [6.07, 6.45) is -1.23. The number of alkyl halides is 3. The quantitative estimate of drug-likeness (QED) is 0.387. The molecule has 5 rings (SSSR count). The summed E-state index contributed by atoms with van der Waals surface area (Å²) in [6.45, 7) is 1.65. The van der Waals surface area contributed by atoms with Crippen LogP contribution in [-0.2, 0) is 6.18 Å². The predicted octanol–water partition coefficient (Wildman–Crippen LogP) is 3.70. The monoisotopic (exact) mass is 504 g/mol. The van der Waals surface area contributed by atoms with Gasteiger partial charge in [0.25, 0.3) is 5.91 Å². The fourth-order valence-electron chi connectivity index (χ4n) is 3.94. The fourth-order valence-corrected chi connectivity index (χ4v) is 3.94. The molecule has 0 spiro atoms. The van der Waals surface area contributed by atoms with Crippen LogP contribution in [0.1, 0.15) is 28.4 Å². The first-order valence-corrected chi connectivity index (χ1v) is 10.5. The van der Waals surface area contributed by atoms with E-state index in [1.165, 1.54) is 6.33 Å². The standard InChI is InChI=1S/C22H19F3N8O.ClH/c23-22(24,25)14-5-8-28-16(9-14)31-21(34)13-3-1-12(2-4-13)18-17-19(26)29-11-30-20(17)33(32-18)15-6-7-27-10-15;/h1-5,8-9,11,15,27H,6-7,10H2,(H2,26,29,30)(H,28,31,34);1H/t15-;/m1./s1. The Kier molecular flexibility index (Phi) is 6.59. The van der Waals surface area contributed by atoms with E-state index < -0.39 is 17.6 Å². The van der Waals surface area contributed by atoms with Crippen molar-refractivity contribution in [2.75, 3.05) is 24.1 Å². The molecule has 0 saturated carbocycles. The van der Waals surface area contributed by atoms with Gasteiger partial charge in [0.1, 0.15) is 23.7 Å². The molecule has 0 aliphatic carbocycles. The summed E-state index contributed by atoms with van der Waals surface area (Å²) < 4.78 is 40.6. The van der Waals surface area contributed by atoms with Gasteiger partial charge in [-0.1, -0.05) is 12.1 Å². The topological polar surface area (TPSA) is 124 Å². The highest BCUT2D eigenvalue weighted by molar-refractivity contribution is 6.04. The van der Waals surface area contributed by atoms with Crippen molar-refractivity contribution in [2.45, 2.75) is 18.6 Å². The van der Waals surface area contributed by atoms with Crippen LogP contribution < -0.4 is 16.4 Å². The lowest BCUT2D eigenvalue weighted by atomic mass is 10.1. The zero-order chi connectivity index (χ0) is 23.9. The van der Waals surface area contributed by atoms with Crippen LogP contribution in [0.4, 0.5) is 24.8 Å². The summed E-state index contributed by atoms with van der Waals surface area (Å²) in [5, 5.41) is 11.1. The van der Waals surface area contributed by atoms with Gasteiger partial charge >= 0.3 is 6.18 Å². The minimum Gasteiger partial charge on any atom is -0.383 e. The molecular weight excluding hydrogens is 485 g/mol. The third kappa shape index (κ3) is 4.75. The van der Waals surface area contributed by atoms with E-state index in [1.807, 2.05) is 4.68 Å². The number of carbonyl (C=O) groups excluding carboxylic acids is 1. The molecule has 1 aromatic carbocycles. The van der Waals surface area contributed by atoms with Crippen LogP contribution >= 0.6 is 12.4 Å². The number of rotatable bonds is 4. The van der Waals surface area contributed by atoms with Gasteiger partial charge in [-0.3, -0.25) is 4.79 Å². The Balaban J connectivity index is 0.00000289. The second kappa shape index (κ2) is 9.47. The number of halogens is 4. The molecular formula is C22H20ClF3N8O. The van der Waals surface area contributed by atoms with Crippen LogP contribution in [0.3, 0.4) is 0 Å². The minimum absolute atomic E-state index is 0. The highest BCUT2D eigenvalue weighted by atomic mass is 35.5. The van der Waals surface area contributed by atoms with E-state index in [0.717, 1.165) is 37.8 Å². The largest absolute Gasteiger partial charge is 0.416 e. The van der Waals surface area contributed by atoms with Crippen molar-refractivity contribution in [1.82, 2.24) is 30.0 Å². The van der Waals surface area contributed by atoms with E-state index in [-0.39, 0.29) is 29.8 Å². The SMILES string of the molecule is Cl.Nc1ncnc2c1c(-c1ccc(C(=O)Nc3cc(C(F)(F)F)ccn3)cc1)nn2[C@@H]1CCNC1. The van der Waals surface area contributed by atoms with Crippen LogP contribution in [0, 0.1) is 0 Å². The summed E-state index contributed by atoms with van der Waals surface area (Å²) in [7, 11) is 0. The molecule has 9 nitrogen and oxygen atoms in total. The van der Waals surface area contributed by atoms with Crippen LogP contribution in [0.25, 0.3) is 22.3 Å². The number of nitrogen functional groups attached to an aromatic ring is 1. The van der Waals surface area contributed by atoms with Gasteiger partial charge in [-0.05, 0) is 37.2 Å². The Hall–Kier alpha value is -3.77. The Morgan fingerprint density at radius 3 is 2.60 bits per heavy atom. The first-order valence-electron chi connectivity index (χ1n) is 10.5. The summed E-state index contributed by atoms with van der Waals surface area (Å²) in [6, 6.07) is 8.26. The third-order valence-corrected chi connectivity index (χ3v) is 5.65. The predicted molar refractivity (Wildman–Crippen MR) is 126 cm³/mol. The molecule has 1 fully saturated rings. The molecule has 3 aromatic heterocycles. The number of benzene rings is 1. The van der Waals surface area contributed by atoms with E-state index in [4.69, 9.17) is 10.8 Å². The average Bonchev–Trinajstić information content (AvgIpc) is 3.47. The van der Waals surface area contributed by atoms with E-state index in [0.29, 0.717) is 28.1 Å². The number of pyridine rings is 1. The smallest absolute Gasteiger partial charge is 0.383 e. The number of nitrogens with one attached hydrogen (secondary N) is 2. The molecule has 182 valence electrons. The fraction of sp³-hybridized carbons (Fsp3) is 0.227. The number of carbonyl (C=O) groups is 1. The number of nitrogens with zero attached hydrogens (tertiary/aromatic N) is 5. The Morgan fingerprint density at radius 1 is 1.14 bits per heavy atom. The van der Waals surface area contributed by atoms with Crippen LogP contribution in [0.5, 0.6) is 0 Å². The van der Waals surface area contributed by atoms with Crippen molar-refractivity contribution in [3.8, 4) is 11.3 Å². The normalized spacial score (nSPS) is 15.7. The minimum atomic E-state index is -4.53. The summed E-state index contributed by atoms with van der Waals surface area (Å²) in [5.74, 6) is -0.480. The Morgan fingerprint density at radius 2 is 1.91 bits per heavy atom. The van der Waals surface area contributed by atoms with Gasteiger partial charge in [-0.15, -0.1) is 12.4 Å². The molecule has 0 radical (unpaired) electrons. The van der Waals surface area contributed by atoms with E-state index in [1.54, 1.807) is 24.3 Å². The van der Waals surface area contributed by atoms with Crippen molar-refractivity contribution in [2.24, 2.45) is 0 Å². The first kappa shape index (κ1) is 24.4.